The molecule has 0 atom stereocenters. The molecule has 0 fully saturated rings. The van der Waals surface area contributed by atoms with Crippen LogP contribution in [-0.4, -0.2) is 27.4 Å². The molecule has 0 aliphatic rings. The fraction of sp³-hybridized carbons (Fsp3) is 0.381. The molecule has 1 N–H and O–H groups in total. The molecule has 0 unspecified atom stereocenters. The van der Waals surface area contributed by atoms with Gasteiger partial charge in [-0.05, 0) is 56.0 Å². The van der Waals surface area contributed by atoms with Crippen molar-refractivity contribution in [2.45, 2.75) is 45.9 Å². The summed E-state index contributed by atoms with van der Waals surface area (Å²) in [6.45, 7) is 9.87. The molecule has 6 heteroatoms. The standard InChI is InChI=1S/C21H28N2O3S/c1-6-19-7-9-20(10-8-19)27(25,26)22-11-12-23(18(5)24)21-16(3)13-15(2)14-17(21)4/h7-10,13-14,22H,6,11-12H2,1-5H3. The van der Waals surface area contributed by atoms with E-state index in [2.05, 4.69) is 4.72 Å². The molecule has 0 saturated carbocycles. The highest BCUT2D eigenvalue weighted by atomic mass is 32.2. The van der Waals surface area contributed by atoms with Gasteiger partial charge in [-0.25, -0.2) is 13.1 Å². The van der Waals surface area contributed by atoms with E-state index in [0.29, 0.717) is 0 Å². The van der Waals surface area contributed by atoms with Crippen LogP contribution in [0.25, 0.3) is 0 Å². The minimum absolute atomic E-state index is 0.114. The molecule has 0 spiro atoms. The Labute approximate surface area is 162 Å². The lowest BCUT2D eigenvalue weighted by atomic mass is 10.0. The van der Waals surface area contributed by atoms with Gasteiger partial charge < -0.3 is 4.90 Å². The van der Waals surface area contributed by atoms with Gasteiger partial charge in [-0.15, -0.1) is 0 Å². The highest BCUT2D eigenvalue weighted by molar-refractivity contribution is 7.89. The predicted molar refractivity (Wildman–Crippen MR) is 110 cm³/mol. The summed E-state index contributed by atoms with van der Waals surface area (Å²) in [4.78, 5) is 14.0. The molecule has 0 aromatic heterocycles. The van der Waals surface area contributed by atoms with Crippen molar-refractivity contribution in [3.8, 4) is 0 Å². The van der Waals surface area contributed by atoms with Gasteiger partial charge in [0.1, 0.15) is 0 Å². The average Bonchev–Trinajstić information content (AvgIpc) is 2.59. The van der Waals surface area contributed by atoms with Crippen LogP contribution in [0.1, 0.15) is 36.1 Å². The lowest BCUT2D eigenvalue weighted by molar-refractivity contribution is -0.116. The van der Waals surface area contributed by atoms with Crippen LogP contribution < -0.4 is 9.62 Å². The van der Waals surface area contributed by atoms with Gasteiger partial charge in [0.05, 0.1) is 4.90 Å². The summed E-state index contributed by atoms with van der Waals surface area (Å²) in [5, 5.41) is 0. The van der Waals surface area contributed by atoms with Crippen molar-refractivity contribution in [3.63, 3.8) is 0 Å². The van der Waals surface area contributed by atoms with Crippen molar-refractivity contribution in [1.82, 2.24) is 4.72 Å². The van der Waals surface area contributed by atoms with E-state index in [1.54, 1.807) is 17.0 Å². The van der Waals surface area contributed by atoms with Gasteiger partial charge in [-0.3, -0.25) is 4.79 Å². The van der Waals surface area contributed by atoms with Gasteiger partial charge in [0.2, 0.25) is 15.9 Å². The maximum absolute atomic E-state index is 12.5. The number of carbonyl (C=O) groups excluding carboxylic acids is 1. The first-order chi connectivity index (χ1) is 12.7. The van der Waals surface area contributed by atoms with Crippen LogP contribution >= 0.6 is 0 Å². The minimum Gasteiger partial charge on any atom is -0.311 e. The molecule has 1 amide bonds. The zero-order valence-corrected chi connectivity index (χ0v) is 17.5. The van der Waals surface area contributed by atoms with Crippen molar-refractivity contribution in [2.24, 2.45) is 0 Å². The smallest absolute Gasteiger partial charge is 0.240 e. The first-order valence-electron chi connectivity index (χ1n) is 9.10. The molecule has 2 aromatic rings. The van der Waals surface area contributed by atoms with Crippen molar-refractivity contribution in [1.29, 1.82) is 0 Å². The Kier molecular flexibility index (Phi) is 6.78. The Morgan fingerprint density at radius 1 is 1.04 bits per heavy atom. The number of nitrogens with one attached hydrogen (secondary N) is 1. The monoisotopic (exact) mass is 388 g/mol. The number of hydrogen-bond acceptors (Lipinski definition) is 3. The summed E-state index contributed by atoms with van der Waals surface area (Å²) in [5.74, 6) is -0.114. The number of benzene rings is 2. The Hall–Kier alpha value is -2.18. The summed E-state index contributed by atoms with van der Waals surface area (Å²) < 4.78 is 27.6. The predicted octanol–water partition coefficient (Wildman–Crippen LogP) is 3.51. The van der Waals surface area contributed by atoms with Crippen LogP contribution in [-0.2, 0) is 21.2 Å². The Balaban J connectivity index is 2.14. The molecule has 0 bridgehead atoms. The first-order valence-corrected chi connectivity index (χ1v) is 10.6. The third-order valence-electron chi connectivity index (χ3n) is 4.55. The molecule has 2 rings (SSSR count). The van der Waals surface area contributed by atoms with Crippen LogP contribution in [0.2, 0.25) is 0 Å². The molecule has 0 aliphatic heterocycles. The molecule has 0 aliphatic carbocycles. The number of anilines is 1. The fourth-order valence-corrected chi connectivity index (χ4v) is 4.33. The molecular weight excluding hydrogens is 360 g/mol. The zero-order valence-electron chi connectivity index (χ0n) is 16.7. The number of aryl methyl sites for hydroxylation is 4. The van der Waals surface area contributed by atoms with E-state index in [4.69, 9.17) is 0 Å². The normalized spacial score (nSPS) is 11.4. The second-order valence-electron chi connectivity index (χ2n) is 6.81. The molecular formula is C21H28N2O3S. The average molecular weight is 389 g/mol. The van der Waals surface area contributed by atoms with Crippen LogP contribution in [0.3, 0.4) is 0 Å². The Morgan fingerprint density at radius 2 is 1.59 bits per heavy atom. The van der Waals surface area contributed by atoms with E-state index in [0.717, 1.165) is 34.4 Å². The van der Waals surface area contributed by atoms with Crippen molar-refractivity contribution < 1.29 is 13.2 Å². The minimum atomic E-state index is -3.60. The Bertz CT molecular complexity index is 896. The number of rotatable bonds is 7. The molecule has 2 aromatic carbocycles. The first kappa shape index (κ1) is 21.1. The molecule has 0 heterocycles. The quantitative estimate of drug-likeness (QED) is 0.789. The van der Waals surface area contributed by atoms with Crippen molar-refractivity contribution >= 4 is 21.6 Å². The molecule has 146 valence electrons. The Morgan fingerprint density at radius 3 is 2.07 bits per heavy atom. The second-order valence-corrected chi connectivity index (χ2v) is 8.58. The van der Waals surface area contributed by atoms with Gasteiger partial charge in [0.25, 0.3) is 0 Å². The van der Waals surface area contributed by atoms with E-state index < -0.39 is 10.0 Å². The summed E-state index contributed by atoms with van der Waals surface area (Å²) in [5.41, 5.74) is 5.07. The SMILES string of the molecule is CCc1ccc(S(=O)(=O)NCCN(C(C)=O)c2c(C)cc(C)cc2C)cc1. The summed E-state index contributed by atoms with van der Waals surface area (Å²) in [7, 11) is -3.60. The van der Waals surface area contributed by atoms with Crippen LogP contribution in [0.4, 0.5) is 5.69 Å². The molecule has 27 heavy (non-hydrogen) atoms. The van der Waals surface area contributed by atoms with Gasteiger partial charge in [-0.2, -0.15) is 0 Å². The third-order valence-corrected chi connectivity index (χ3v) is 6.03. The number of carbonyl (C=O) groups is 1. The largest absolute Gasteiger partial charge is 0.311 e. The van der Waals surface area contributed by atoms with Gasteiger partial charge in [0.15, 0.2) is 0 Å². The highest BCUT2D eigenvalue weighted by Gasteiger charge is 2.19. The number of nitrogens with zero attached hydrogens (tertiary/aromatic N) is 1. The summed E-state index contributed by atoms with van der Waals surface area (Å²) >= 11 is 0. The van der Waals surface area contributed by atoms with E-state index >= 15 is 0 Å². The van der Waals surface area contributed by atoms with Crippen molar-refractivity contribution in [2.75, 3.05) is 18.0 Å². The molecule has 5 nitrogen and oxygen atoms in total. The second kappa shape index (κ2) is 8.67. The summed E-state index contributed by atoms with van der Waals surface area (Å²) in [6.07, 6.45) is 0.858. The van der Waals surface area contributed by atoms with Gasteiger partial charge in [-0.1, -0.05) is 36.8 Å². The molecule has 0 saturated heterocycles. The number of sulfonamides is 1. The lowest BCUT2D eigenvalue weighted by Crippen LogP contribution is -2.38. The summed E-state index contributed by atoms with van der Waals surface area (Å²) in [6, 6.07) is 10.9. The van der Waals surface area contributed by atoms with E-state index in [9.17, 15) is 13.2 Å². The highest BCUT2D eigenvalue weighted by Crippen LogP contribution is 2.26. The maximum atomic E-state index is 12.5. The van der Waals surface area contributed by atoms with E-state index in [-0.39, 0.29) is 23.9 Å². The fourth-order valence-electron chi connectivity index (χ4n) is 3.30. The zero-order chi connectivity index (χ0) is 20.2. The number of hydrogen-bond donors (Lipinski definition) is 1. The maximum Gasteiger partial charge on any atom is 0.240 e. The molecule has 0 radical (unpaired) electrons. The van der Waals surface area contributed by atoms with Crippen molar-refractivity contribution in [3.05, 3.63) is 58.7 Å². The van der Waals surface area contributed by atoms with Gasteiger partial charge >= 0.3 is 0 Å². The topological polar surface area (TPSA) is 66.5 Å². The van der Waals surface area contributed by atoms with E-state index in [1.165, 1.54) is 6.92 Å². The van der Waals surface area contributed by atoms with Crippen LogP contribution in [0.15, 0.2) is 41.3 Å². The van der Waals surface area contributed by atoms with Crippen LogP contribution in [0, 0.1) is 20.8 Å². The van der Waals surface area contributed by atoms with Gasteiger partial charge in [0, 0.05) is 25.7 Å². The van der Waals surface area contributed by atoms with Crippen LogP contribution in [0.5, 0.6) is 0 Å². The van der Waals surface area contributed by atoms with E-state index in [1.807, 2.05) is 52.0 Å². The number of amides is 1. The third kappa shape index (κ3) is 5.17. The lowest BCUT2D eigenvalue weighted by Gasteiger charge is -2.25.